The van der Waals surface area contributed by atoms with Crippen LogP contribution in [0.25, 0.3) is 21.8 Å². The highest BCUT2D eigenvalue weighted by Crippen LogP contribution is 2.46. The van der Waals surface area contributed by atoms with Crippen LogP contribution in [0.4, 0.5) is 5.82 Å². The van der Waals surface area contributed by atoms with Crippen LogP contribution in [0.15, 0.2) is 38.6 Å². The molecule has 7 heteroatoms. The van der Waals surface area contributed by atoms with Crippen molar-refractivity contribution in [1.82, 2.24) is 5.16 Å². The fraction of sp³-hybridized carbons (Fsp3) is 0. The molecule has 0 bridgehead atoms. The lowest BCUT2D eigenvalue weighted by Crippen LogP contribution is -1.90. The normalized spacial score (nSPS) is 10.9. The number of hydrogen-bond donors (Lipinski definition) is 1. The van der Waals surface area contributed by atoms with Gasteiger partial charge in [-0.15, -0.1) is 11.3 Å². The Bertz CT molecular complexity index is 764. The monoisotopic (exact) mass is 388 g/mol. The Morgan fingerprint density at radius 2 is 1.85 bits per heavy atom. The minimum Gasteiger partial charge on any atom is -0.380 e. The molecule has 0 aliphatic heterocycles. The Kier molecular flexibility index (Phi) is 3.77. The SMILES string of the molecule is Nc1noc(-c2sccc2Br)c1-c1c(Cl)cccc1Cl. The second-order valence-corrected chi connectivity index (χ2v) is 6.55. The highest BCUT2D eigenvalue weighted by Gasteiger charge is 2.24. The summed E-state index contributed by atoms with van der Waals surface area (Å²) >= 11 is 17.5. The quantitative estimate of drug-likeness (QED) is 0.609. The zero-order valence-corrected chi connectivity index (χ0v) is 13.8. The van der Waals surface area contributed by atoms with Crippen molar-refractivity contribution in [3.63, 3.8) is 0 Å². The zero-order valence-electron chi connectivity index (χ0n) is 9.86. The molecule has 2 aromatic heterocycles. The van der Waals surface area contributed by atoms with E-state index in [1.807, 2.05) is 11.4 Å². The van der Waals surface area contributed by atoms with Crippen molar-refractivity contribution in [3.8, 4) is 21.8 Å². The smallest absolute Gasteiger partial charge is 0.188 e. The van der Waals surface area contributed by atoms with Crippen LogP contribution in [0, 0.1) is 0 Å². The van der Waals surface area contributed by atoms with E-state index in [0.29, 0.717) is 26.9 Å². The molecule has 0 atom stereocenters. The Balaban J connectivity index is 2.31. The van der Waals surface area contributed by atoms with Gasteiger partial charge in [0.25, 0.3) is 0 Å². The van der Waals surface area contributed by atoms with Crippen molar-refractivity contribution in [2.75, 3.05) is 5.73 Å². The maximum Gasteiger partial charge on any atom is 0.188 e. The molecule has 0 amide bonds. The largest absolute Gasteiger partial charge is 0.380 e. The Morgan fingerprint density at radius 1 is 1.15 bits per heavy atom. The number of halogens is 3. The molecule has 0 saturated heterocycles. The van der Waals surface area contributed by atoms with Gasteiger partial charge in [-0.2, -0.15) is 0 Å². The van der Waals surface area contributed by atoms with Crippen LogP contribution in [0.3, 0.4) is 0 Å². The molecule has 0 radical (unpaired) electrons. The average Bonchev–Trinajstić information content (AvgIpc) is 2.97. The van der Waals surface area contributed by atoms with E-state index in [0.717, 1.165) is 9.35 Å². The molecule has 3 rings (SSSR count). The standard InChI is InChI=1S/C13H7BrCl2N2OS/c14-6-4-5-20-12(6)11-10(13(17)18-19-11)9-7(15)2-1-3-8(9)16/h1-5H,(H2,17,18). The van der Waals surface area contributed by atoms with E-state index in [2.05, 4.69) is 21.1 Å². The van der Waals surface area contributed by atoms with Gasteiger partial charge in [0, 0.05) is 10.0 Å². The summed E-state index contributed by atoms with van der Waals surface area (Å²) in [6, 6.07) is 7.21. The number of nitrogens with zero attached hydrogens (tertiary/aromatic N) is 1. The molecular weight excluding hydrogens is 383 g/mol. The second kappa shape index (κ2) is 5.41. The number of benzene rings is 1. The van der Waals surface area contributed by atoms with Crippen LogP contribution in [0.1, 0.15) is 0 Å². The number of thiophene rings is 1. The van der Waals surface area contributed by atoms with Crippen LogP contribution < -0.4 is 5.73 Å². The van der Waals surface area contributed by atoms with E-state index in [-0.39, 0.29) is 5.82 Å². The summed E-state index contributed by atoms with van der Waals surface area (Å²) in [6.45, 7) is 0. The predicted molar refractivity (Wildman–Crippen MR) is 87.4 cm³/mol. The van der Waals surface area contributed by atoms with Gasteiger partial charge in [-0.1, -0.05) is 34.4 Å². The lowest BCUT2D eigenvalue weighted by Gasteiger charge is -2.06. The van der Waals surface area contributed by atoms with Crippen LogP contribution >= 0.6 is 50.5 Å². The van der Waals surface area contributed by atoms with Gasteiger partial charge >= 0.3 is 0 Å². The van der Waals surface area contributed by atoms with Crippen molar-refractivity contribution in [3.05, 3.63) is 44.2 Å². The molecule has 0 aliphatic rings. The molecule has 0 fully saturated rings. The van der Waals surface area contributed by atoms with Crippen molar-refractivity contribution < 1.29 is 4.52 Å². The summed E-state index contributed by atoms with van der Waals surface area (Å²) in [5.74, 6) is 0.815. The van der Waals surface area contributed by atoms with E-state index in [9.17, 15) is 0 Å². The summed E-state index contributed by atoms with van der Waals surface area (Å²) in [5.41, 5.74) is 7.18. The molecule has 3 nitrogen and oxygen atoms in total. The first kappa shape index (κ1) is 13.9. The highest BCUT2D eigenvalue weighted by atomic mass is 79.9. The average molecular weight is 390 g/mol. The Morgan fingerprint density at radius 3 is 2.45 bits per heavy atom. The molecule has 3 aromatic rings. The lowest BCUT2D eigenvalue weighted by atomic mass is 10.0. The molecule has 2 N–H and O–H groups in total. The minimum absolute atomic E-state index is 0.260. The maximum absolute atomic E-state index is 6.25. The zero-order chi connectivity index (χ0) is 14.3. The fourth-order valence-corrected chi connectivity index (χ4v) is 4.01. The summed E-state index contributed by atoms with van der Waals surface area (Å²) in [7, 11) is 0. The third kappa shape index (κ3) is 2.24. The Hall–Kier alpha value is -1.01. The van der Waals surface area contributed by atoms with E-state index in [1.165, 1.54) is 11.3 Å². The molecule has 20 heavy (non-hydrogen) atoms. The highest BCUT2D eigenvalue weighted by molar-refractivity contribution is 9.10. The van der Waals surface area contributed by atoms with Crippen molar-refractivity contribution in [1.29, 1.82) is 0 Å². The van der Waals surface area contributed by atoms with Gasteiger partial charge < -0.3 is 10.3 Å². The maximum atomic E-state index is 6.25. The number of aromatic nitrogens is 1. The molecule has 0 saturated carbocycles. The van der Waals surface area contributed by atoms with Crippen LogP contribution in [0.5, 0.6) is 0 Å². The number of hydrogen-bond acceptors (Lipinski definition) is 4. The number of rotatable bonds is 2. The van der Waals surface area contributed by atoms with Crippen molar-refractivity contribution in [2.24, 2.45) is 0 Å². The van der Waals surface area contributed by atoms with Gasteiger partial charge in [0.1, 0.15) is 0 Å². The molecule has 1 aromatic carbocycles. The third-order valence-electron chi connectivity index (χ3n) is 2.75. The van der Waals surface area contributed by atoms with E-state index < -0.39 is 0 Å². The van der Waals surface area contributed by atoms with Crippen LogP contribution in [-0.4, -0.2) is 5.16 Å². The van der Waals surface area contributed by atoms with Gasteiger partial charge in [0.2, 0.25) is 0 Å². The third-order valence-corrected chi connectivity index (χ3v) is 5.22. The topological polar surface area (TPSA) is 52.0 Å². The minimum atomic E-state index is 0.260. The summed E-state index contributed by atoms with van der Waals surface area (Å²) in [4.78, 5) is 0.889. The lowest BCUT2D eigenvalue weighted by molar-refractivity contribution is 0.437. The molecule has 0 aliphatic carbocycles. The molecule has 102 valence electrons. The summed E-state index contributed by atoms with van der Waals surface area (Å²) < 4.78 is 6.28. The Labute approximate surface area is 137 Å². The fourth-order valence-electron chi connectivity index (χ4n) is 1.89. The number of nitrogens with two attached hydrogens (primary N) is 1. The van der Waals surface area contributed by atoms with Gasteiger partial charge in [-0.25, -0.2) is 0 Å². The molecule has 0 spiro atoms. The van der Waals surface area contributed by atoms with Crippen molar-refractivity contribution >= 4 is 56.3 Å². The van der Waals surface area contributed by atoms with E-state index in [1.54, 1.807) is 18.2 Å². The van der Waals surface area contributed by atoms with Gasteiger partial charge in [0.05, 0.1) is 20.5 Å². The van der Waals surface area contributed by atoms with Crippen LogP contribution in [0.2, 0.25) is 10.0 Å². The summed E-state index contributed by atoms with van der Waals surface area (Å²) in [5, 5.41) is 6.79. The molecular formula is C13H7BrCl2N2OS. The van der Waals surface area contributed by atoms with Gasteiger partial charge in [0.15, 0.2) is 11.6 Å². The first-order valence-corrected chi connectivity index (χ1v) is 7.95. The molecule has 2 heterocycles. The molecule has 0 unspecified atom stereocenters. The second-order valence-electron chi connectivity index (χ2n) is 3.97. The number of anilines is 1. The first-order chi connectivity index (χ1) is 9.59. The predicted octanol–water partition coefficient (Wildman–Crippen LogP) is 5.72. The van der Waals surface area contributed by atoms with Crippen LogP contribution in [-0.2, 0) is 0 Å². The number of nitrogen functional groups attached to an aromatic ring is 1. The van der Waals surface area contributed by atoms with Crippen molar-refractivity contribution in [2.45, 2.75) is 0 Å². The first-order valence-electron chi connectivity index (χ1n) is 5.52. The summed E-state index contributed by atoms with van der Waals surface area (Å²) in [6.07, 6.45) is 0. The van der Waals surface area contributed by atoms with E-state index in [4.69, 9.17) is 33.5 Å². The van der Waals surface area contributed by atoms with Gasteiger partial charge in [-0.05, 0) is 39.5 Å². The van der Waals surface area contributed by atoms with E-state index >= 15 is 0 Å². The van der Waals surface area contributed by atoms with Gasteiger partial charge in [-0.3, -0.25) is 0 Å².